The summed E-state index contributed by atoms with van der Waals surface area (Å²) in [5, 5.41) is 6.43. The zero-order valence-electron chi connectivity index (χ0n) is 11.2. The first-order valence-electron chi connectivity index (χ1n) is 6.21. The largest absolute Gasteiger partial charge is 0.329 e. The molecule has 0 fully saturated rings. The number of hydrogen-bond acceptors (Lipinski definition) is 3. The molecule has 0 aliphatic heterocycles. The molecule has 0 saturated carbocycles. The maximum Gasteiger partial charge on any atom is 0.329 e. The molecule has 0 atom stereocenters. The summed E-state index contributed by atoms with van der Waals surface area (Å²) in [6.45, 7) is 0. The minimum absolute atomic E-state index is 0.302. The number of anilines is 1. The molecule has 0 heterocycles. The summed E-state index contributed by atoms with van der Waals surface area (Å²) in [4.78, 5) is 23.1. The van der Waals surface area contributed by atoms with Crippen LogP contribution in [0.25, 0.3) is 0 Å². The Morgan fingerprint density at radius 2 is 1.73 bits per heavy atom. The standard InChI is InChI=1S/C15H11ClFN3O2/c16-13-4-2-1-3-10(13)9-18-20-15(22)14(21)19-12-7-5-11(17)6-8-12/h1-9H,(H,19,21)(H,20,22)/b18-9-. The molecule has 2 amide bonds. The topological polar surface area (TPSA) is 70.6 Å². The van der Waals surface area contributed by atoms with Crippen molar-refractivity contribution in [3.63, 3.8) is 0 Å². The lowest BCUT2D eigenvalue weighted by Gasteiger charge is -2.03. The predicted molar refractivity (Wildman–Crippen MR) is 82.2 cm³/mol. The third kappa shape index (κ3) is 4.39. The summed E-state index contributed by atoms with van der Waals surface area (Å²) >= 11 is 5.91. The van der Waals surface area contributed by atoms with Gasteiger partial charge < -0.3 is 5.32 Å². The summed E-state index contributed by atoms with van der Waals surface area (Å²) in [6.07, 6.45) is 1.32. The Labute approximate surface area is 130 Å². The summed E-state index contributed by atoms with van der Waals surface area (Å²) in [7, 11) is 0. The summed E-state index contributed by atoms with van der Waals surface area (Å²) < 4.78 is 12.7. The molecule has 2 aromatic carbocycles. The van der Waals surface area contributed by atoms with Crippen LogP contribution in [-0.2, 0) is 9.59 Å². The van der Waals surface area contributed by atoms with Gasteiger partial charge in [-0.25, -0.2) is 9.82 Å². The average molecular weight is 320 g/mol. The highest BCUT2D eigenvalue weighted by molar-refractivity contribution is 6.39. The summed E-state index contributed by atoms with van der Waals surface area (Å²) in [6, 6.07) is 11.9. The van der Waals surface area contributed by atoms with Crippen molar-refractivity contribution in [1.29, 1.82) is 0 Å². The van der Waals surface area contributed by atoms with Crippen molar-refractivity contribution in [2.24, 2.45) is 5.10 Å². The van der Waals surface area contributed by atoms with Crippen LogP contribution in [-0.4, -0.2) is 18.0 Å². The highest BCUT2D eigenvalue weighted by Gasteiger charge is 2.12. The fraction of sp³-hybridized carbons (Fsp3) is 0. The number of carbonyl (C=O) groups is 2. The number of rotatable bonds is 3. The Kier molecular flexibility index (Phi) is 5.21. The van der Waals surface area contributed by atoms with Gasteiger partial charge in [0.15, 0.2) is 0 Å². The van der Waals surface area contributed by atoms with Crippen LogP contribution < -0.4 is 10.7 Å². The summed E-state index contributed by atoms with van der Waals surface area (Å²) in [5.41, 5.74) is 2.98. The van der Waals surface area contributed by atoms with Crippen LogP contribution >= 0.6 is 11.6 Å². The number of carbonyl (C=O) groups excluding carboxylic acids is 2. The molecule has 0 unspecified atom stereocenters. The molecule has 2 rings (SSSR count). The van der Waals surface area contributed by atoms with Crippen molar-refractivity contribution in [3.8, 4) is 0 Å². The molecular formula is C15H11ClFN3O2. The highest BCUT2D eigenvalue weighted by atomic mass is 35.5. The normalized spacial score (nSPS) is 10.5. The first kappa shape index (κ1) is 15.7. The minimum atomic E-state index is -0.951. The minimum Gasteiger partial charge on any atom is -0.318 e. The second-order valence-corrected chi connectivity index (χ2v) is 4.59. The first-order valence-corrected chi connectivity index (χ1v) is 6.58. The molecule has 22 heavy (non-hydrogen) atoms. The van der Waals surface area contributed by atoms with Gasteiger partial charge in [-0.1, -0.05) is 29.8 Å². The Morgan fingerprint density at radius 3 is 2.41 bits per heavy atom. The van der Waals surface area contributed by atoms with Crippen LogP contribution in [0.3, 0.4) is 0 Å². The van der Waals surface area contributed by atoms with Crippen LogP contribution in [0.4, 0.5) is 10.1 Å². The highest BCUT2D eigenvalue weighted by Crippen LogP contribution is 2.12. The number of halogens is 2. The lowest BCUT2D eigenvalue weighted by Crippen LogP contribution is -2.32. The van der Waals surface area contributed by atoms with Crippen molar-refractivity contribution in [2.45, 2.75) is 0 Å². The maximum atomic E-state index is 12.7. The monoisotopic (exact) mass is 319 g/mol. The van der Waals surface area contributed by atoms with Crippen molar-refractivity contribution in [2.75, 3.05) is 5.32 Å². The fourth-order valence-electron chi connectivity index (χ4n) is 1.51. The number of nitrogens with one attached hydrogen (secondary N) is 2. The van der Waals surface area contributed by atoms with Gasteiger partial charge >= 0.3 is 11.8 Å². The van der Waals surface area contributed by atoms with Gasteiger partial charge in [0, 0.05) is 16.3 Å². The van der Waals surface area contributed by atoms with E-state index >= 15 is 0 Å². The van der Waals surface area contributed by atoms with Crippen LogP contribution in [0.15, 0.2) is 53.6 Å². The third-order valence-electron chi connectivity index (χ3n) is 2.58. The van der Waals surface area contributed by atoms with Crippen LogP contribution in [0, 0.1) is 5.82 Å². The first-order chi connectivity index (χ1) is 10.6. The zero-order chi connectivity index (χ0) is 15.9. The Balaban J connectivity index is 1.90. The van der Waals surface area contributed by atoms with Gasteiger partial charge in [0.2, 0.25) is 0 Å². The fourth-order valence-corrected chi connectivity index (χ4v) is 1.70. The van der Waals surface area contributed by atoms with Gasteiger partial charge in [-0.05, 0) is 30.3 Å². The number of amides is 2. The van der Waals surface area contributed by atoms with Gasteiger partial charge in [0.25, 0.3) is 0 Å². The predicted octanol–water partition coefficient (Wildman–Crippen LogP) is 2.57. The average Bonchev–Trinajstić information content (AvgIpc) is 2.51. The molecule has 0 radical (unpaired) electrons. The molecule has 0 aliphatic carbocycles. The van der Waals surface area contributed by atoms with Gasteiger partial charge in [-0.3, -0.25) is 9.59 Å². The summed E-state index contributed by atoms with van der Waals surface area (Å²) in [5.74, 6) is -2.30. The van der Waals surface area contributed by atoms with E-state index in [9.17, 15) is 14.0 Å². The molecule has 5 nitrogen and oxygen atoms in total. The number of benzene rings is 2. The van der Waals surface area contributed by atoms with Gasteiger partial charge in [-0.15, -0.1) is 0 Å². The molecule has 2 N–H and O–H groups in total. The van der Waals surface area contributed by atoms with Crippen LogP contribution in [0.1, 0.15) is 5.56 Å². The molecule has 2 aromatic rings. The Morgan fingerprint density at radius 1 is 1.05 bits per heavy atom. The van der Waals surface area contributed by atoms with Crippen molar-refractivity contribution in [1.82, 2.24) is 5.43 Å². The van der Waals surface area contributed by atoms with Crippen molar-refractivity contribution >= 4 is 35.3 Å². The zero-order valence-corrected chi connectivity index (χ0v) is 12.0. The lowest BCUT2D eigenvalue weighted by atomic mass is 10.2. The molecule has 112 valence electrons. The Hall–Kier alpha value is -2.73. The van der Waals surface area contributed by atoms with E-state index < -0.39 is 17.6 Å². The van der Waals surface area contributed by atoms with Crippen LogP contribution in [0.5, 0.6) is 0 Å². The number of nitrogens with zero attached hydrogens (tertiary/aromatic N) is 1. The van der Waals surface area contributed by atoms with Crippen molar-refractivity contribution < 1.29 is 14.0 Å². The van der Waals surface area contributed by atoms with E-state index in [0.29, 0.717) is 16.3 Å². The molecule has 0 aromatic heterocycles. The van der Waals surface area contributed by atoms with Gasteiger partial charge in [0.05, 0.1) is 6.21 Å². The smallest absolute Gasteiger partial charge is 0.318 e. The second-order valence-electron chi connectivity index (χ2n) is 4.18. The van der Waals surface area contributed by atoms with E-state index in [0.717, 1.165) is 0 Å². The van der Waals surface area contributed by atoms with E-state index in [2.05, 4.69) is 15.8 Å². The second kappa shape index (κ2) is 7.33. The molecular weight excluding hydrogens is 309 g/mol. The molecule has 0 spiro atoms. The molecule has 0 saturated heterocycles. The quantitative estimate of drug-likeness (QED) is 0.518. The van der Waals surface area contributed by atoms with E-state index in [1.165, 1.54) is 30.5 Å². The third-order valence-corrected chi connectivity index (χ3v) is 2.93. The molecule has 7 heteroatoms. The molecule has 0 bridgehead atoms. The van der Waals surface area contributed by atoms with E-state index in [-0.39, 0.29) is 0 Å². The van der Waals surface area contributed by atoms with Crippen LogP contribution in [0.2, 0.25) is 5.02 Å². The van der Waals surface area contributed by atoms with E-state index in [4.69, 9.17) is 11.6 Å². The van der Waals surface area contributed by atoms with E-state index in [1.807, 2.05) is 0 Å². The lowest BCUT2D eigenvalue weighted by molar-refractivity contribution is -0.136. The van der Waals surface area contributed by atoms with Crippen molar-refractivity contribution in [3.05, 3.63) is 64.9 Å². The molecule has 0 aliphatic rings. The maximum absolute atomic E-state index is 12.7. The van der Waals surface area contributed by atoms with E-state index in [1.54, 1.807) is 24.3 Å². The SMILES string of the molecule is O=C(N/N=C\c1ccccc1Cl)C(=O)Nc1ccc(F)cc1. The number of hydrogen-bond donors (Lipinski definition) is 2. The Bertz CT molecular complexity index is 717. The van der Waals surface area contributed by atoms with Gasteiger partial charge in [-0.2, -0.15) is 5.10 Å². The number of hydrazone groups is 1. The van der Waals surface area contributed by atoms with Gasteiger partial charge in [0.1, 0.15) is 5.82 Å².